The average molecular weight is 243 g/mol. The van der Waals surface area contributed by atoms with E-state index < -0.39 is 6.43 Å². The van der Waals surface area contributed by atoms with E-state index in [0.717, 1.165) is 18.2 Å². The molecular weight excluding hydrogens is 226 g/mol. The summed E-state index contributed by atoms with van der Waals surface area (Å²) in [6.45, 7) is 4.23. The first kappa shape index (κ1) is 12.3. The van der Waals surface area contributed by atoms with Gasteiger partial charge in [-0.3, -0.25) is 0 Å². The van der Waals surface area contributed by atoms with Crippen molar-refractivity contribution < 1.29 is 8.78 Å². The molecule has 1 atom stereocenters. The smallest absolute Gasteiger partial charge is 0.211 e. The van der Waals surface area contributed by atoms with Gasteiger partial charge in [-0.05, 0) is 24.7 Å². The van der Waals surface area contributed by atoms with E-state index in [0.29, 0.717) is 6.42 Å². The van der Waals surface area contributed by atoms with Crippen molar-refractivity contribution in [2.75, 3.05) is 5.33 Å². The highest BCUT2D eigenvalue weighted by atomic mass is 79.9. The van der Waals surface area contributed by atoms with Crippen molar-refractivity contribution in [3.05, 3.63) is 0 Å². The van der Waals surface area contributed by atoms with Crippen molar-refractivity contribution in [3.63, 3.8) is 0 Å². The Morgan fingerprint density at radius 2 is 2.00 bits per heavy atom. The van der Waals surface area contributed by atoms with Crippen LogP contribution in [0.1, 0.15) is 39.5 Å². The molecule has 0 aliphatic heterocycles. The van der Waals surface area contributed by atoms with Crippen LogP contribution < -0.4 is 0 Å². The first-order valence-corrected chi connectivity index (χ1v) is 5.50. The predicted molar refractivity (Wildman–Crippen MR) is 52.0 cm³/mol. The summed E-state index contributed by atoms with van der Waals surface area (Å²) in [5, 5.41) is 0.903. The standard InChI is InChI=1S/C9H17BrF2/c1-3-9(2,7-10)6-4-5-8(11)12/h8H,3-7H2,1-2H3. The van der Waals surface area contributed by atoms with Crippen molar-refractivity contribution in [2.24, 2.45) is 5.41 Å². The first-order chi connectivity index (χ1) is 5.54. The van der Waals surface area contributed by atoms with Crippen molar-refractivity contribution in [1.29, 1.82) is 0 Å². The lowest BCUT2D eigenvalue weighted by molar-refractivity contribution is 0.128. The molecule has 0 aromatic carbocycles. The van der Waals surface area contributed by atoms with Crippen LogP contribution in [0.15, 0.2) is 0 Å². The molecule has 74 valence electrons. The number of hydrogen-bond donors (Lipinski definition) is 0. The molecule has 1 unspecified atom stereocenters. The molecule has 0 aliphatic rings. The lowest BCUT2D eigenvalue weighted by Crippen LogP contribution is -2.17. The van der Waals surface area contributed by atoms with Gasteiger partial charge < -0.3 is 0 Å². The Hall–Kier alpha value is 0.340. The fourth-order valence-corrected chi connectivity index (χ4v) is 1.70. The molecule has 0 heterocycles. The second-order valence-electron chi connectivity index (χ2n) is 3.58. The van der Waals surface area contributed by atoms with Crippen LogP contribution in [0.5, 0.6) is 0 Å². The van der Waals surface area contributed by atoms with Crippen LogP contribution in [0.3, 0.4) is 0 Å². The second-order valence-corrected chi connectivity index (χ2v) is 4.14. The Balaban J connectivity index is 3.58. The highest BCUT2D eigenvalue weighted by molar-refractivity contribution is 9.09. The summed E-state index contributed by atoms with van der Waals surface area (Å²) in [5.41, 5.74) is 0.203. The van der Waals surface area contributed by atoms with Gasteiger partial charge in [-0.15, -0.1) is 0 Å². The molecule has 3 heteroatoms. The summed E-state index contributed by atoms with van der Waals surface area (Å²) >= 11 is 3.41. The van der Waals surface area contributed by atoms with E-state index in [4.69, 9.17) is 0 Å². The summed E-state index contributed by atoms with van der Waals surface area (Å²) in [7, 11) is 0. The van der Waals surface area contributed by atoms with Gasteiger partial charge in [-0.1, -0.05) is 29.8 Å². The first-order valence-electron chi connectivity index (χ1n) is 4.38. The molecule has 0 aromatic rings. The van der Waals surface area contributed by atoms with Gasteiger partial charge in [-0.25, -0.2) is 8.78 Å². The van der Waals surface area contributed by atoms with Crippen molar-refractivity contribution in [3.8, 4) is 0 Å². The van der Waals surface area contributed by atoms with Crippen LogP contribution in [0.4, 0.5) is 8.78 Å². The number of hydrogen-bond acceptors (Lipinski definition) is 0. The summed E-state index contributed by atoms with van der Waals surface area (Å²) in [5.74, 6) is 0. The van der Waals surface area contributed by atoms with Crippen LogP contribution in [0, 0.1) is 5.41 Å². The highest BCUT2D eigenvalue weighted by Crippen LogP contribution is 2.30. The molecule has 0 spiro atoms. The third-order valence-corrected chi connectivity index (χ3v) is 3.73. The minimum atomic E-state index is -2.14. The van der Waals surface area contributed by atoms with E-state index >= 15 is 0 Å². The fraction of sp³-hybridized carbons (Fsp3) is 1.00. The molecule has 0 rings (SSSR count). The number of alkyl halides is 3. The Bertz CT molecular complexity index is 111. The maximum atomic E-state index is 11.8. The maximum Gasteiger partial charge on any atom is 0.238 e. The molecular formula is C9H17BrF2. The minimum Gasteiger partial charge on any atom is -0.211 e. The van der Waals surface area contributed by atoms with E-state index in [1.165, 1.54) is 0 Å². The number of rotatable bonds is 6. The van der Waals surface area contributed by atoms with E-state index in [-0.39, 0.29) is 11.8 Å². The molecule has 0 N–H and O–H groups in total. The van der Waals surface area contributed by atoms with Crippen LogP contribution in [-0.2, 0) is 0 Å². The third-order valence-electron chi connectivity index (χ3n) is 2.38. The van der Waals surface area contributed by atoms with Crippen LogP contribution in [0.2, 0.25) is 0 Å². The predicted octanol–water partition coefficient (Wildman–Crippen LogP) is 4.23. The SMILES string of the molecule is CCC(C)(CBr)CCCC(F)F. The largest absolute Gasteiger partial charge is 0.238 e. The minimum absolute atomic E-state index is 0.0442. The van der Waals surface area contributed by atoms with Gasteiger partial charge in [0.25, 0.3) is 0 Å². The maximum absolute atomic E-state index is 11.8. The van der Waals surface area contributed by atoms with Gasteiger partial charge >= 0.3 is 0 Å². The van der Waals surface area contributed by atoms with E-state index in [1.807, 2.05) is 0 Å². The molecule has 0 saturated carbocycles. The van der Waals surface area contributed by atoms with Gasteiger partial charge in [0.05, 0.1) is 0 Å². The average Bonchev–Trinajstić information content (AvgIpc) is 2.03. The molecule has 12 heavy (non-hydrogen) atoms. The van der Waals surface area contributed by atoms with E-state index in [1.54, 1.807) is 0 Å². The molecule has 0 fully saturated rings. The molecule has 0 amide bonds. The molecule has 0 nitrogen and oxygen atoms in total. The molecule has 0 aliphatic carbocycles. The fourth-order valence-electron chi connectivity index (χ4n) is 1.02. The van der Waals surface area contributed by atoms with Crippen LogP contribution in [0.25, 0.3) is 0 Å². The third kappa shape index (κ3) is 5.07. The lowest BCUT2D eigenvalue weighted by atomic mass is 9.85. The van der Waals surface area contributed by atoms with Crippen LogP contribution in [-0.4, -0.2) is 11.8 Å². The van der Waals surface area contributed by atoms with E-state index in [2.05, 4.69) is 29.8 Å². The summed E-state index contributed by atoms with van der Waals surface area (Å²) < 4.78 is 23.6. The summed E-state index contributed by atoms with van der Waals surface area (Å²) in [4.78, 5) is 0. The molecule has 0 aromatic heterocycles. The van der Waals surface area contributed by atoms with Crippen LogP contribution >= 0.6 is 15.9 Å². The molecule has 0 radical (unpaired) electrons. The Morgan fingerprint density at radius 1 is 1.42 bits per heavy atom. The van der Waals surface area contributed by atoms with Crippen molar-refractivity contribution in [1.82, 2.24) is 0 Å². The van der Waals surface area contributed by atoms with Gasteiger partial charge in [0.1, 0.15) is 0 Å². The molecule has 0 bridgehead atoms. The summed E-state index contributed by atoms with van der Waals surface area (Å²) in [6.07, 6.45) is 0.470. The van der Waals surface area contributed by atoms with Gasteiger partial charge in [0.2, 0.25) is 6.43 Å². The Kier molecular flexibility index (Phi) is 6.06. The molecule has 0 saturated heterocycles. The highest BCUT2D eigenvalue weighted by Gasteiger charge is 2.20. The monoisotopic (exact) mass is 242 g/mol. The Labute approximate surface area is 81.9 Å². The van der Waals surface area contributed by atoms with Crippen molar-refractivity contribution >= 4 is 15.9 Å². The van der Waals surface area contributed by atoms with Gasteiger partial charge in [0, 0.05) is 11.8 Å². The topological polar surface area (TPSA) is 0 Å². The van der Waals surface area contributed by atoms with Gasteiger partial charge in [-0.2, -0.15) is 0 Å². The Morgan fingerprint density at radius 3 is 2.33 bits per heavy atom. The summed E-state index contributed by atoms with van der Waals surface area (Å²) in [6, 6.07) is 0. The zero-order valence-corrected chi connectivity index (χ0v) is 9.33. The van der Waals surface area contributed by atoms with Crippen molar-refractivity contribution in [2.45, 2.75) is 46.0 Å². The normalized spacial score (nSPS) is 16.5. The zero-order chi connectivity index (χ0) is 9.61. The lowest BCUT2D eigenvalue weighted by Gasteiger charge is -2.25. The number of halogens is 3. The van der Waals surface area contributed by atoms with E-state index in [9.17, 15) is 8.78 Å². The quantitative estimate of drug-likeness (QED) is 0.612. The second kappa shape index (κ2) is 5.90. The van der Waals surface area contributed by atoms with Gasteiger partial charge in [0.15, 0.2) is 0 Å². The zero-order valence-electron chi connectivity index (χ0n) is 7.75.